The molecule has 39 heavy (non-hydrogen) atoms. The molecule has 1 N–H and O–H groups in total. The molecule has 0 spiro atoms. The van der Waals surface area contributed by atoms with Crippen LogP contribution in [0, 0.1) is 0 Å². The van der Waals surface area contributed by atoms with E-state index in [1.54, 1.807) is 0 Å². The van der Waals surface area contributed by atoms with Crippen molar-refractivity contribution in [2.75, 3.05) is 0 Å². The van der Waals surface area contributed by atoms with Crippen LogP contribution in [-0.4, -0.2) is 23.1 Å². The van der Waals surface area contributed by atoms with Gasteiger partial charge in [0.2, 0.25) is 0 Å². The van der Waals surface area contributed by atoms with Crippen molar-refractivity contribution in [2.45, 2.75) is 200 Å². The van der Waals surface area contributed by atoms with Crippen molar-refractivity contribution >= 4 is 11.9 Å². The molecule has 4 nitrogen and oxygen atoms in total. The number of aliphatic carboxylic acids is 1. The van der Waals surface area contributed by atoms with E-state index in [9.17, 15) is 9.59 Å². The van der Waals surface area contributed by atoms with Crippen molar-refractivity contribution in [1.82, 2.24) is 0 Å². The summed E-state index contributed by atoms with van der Waals surface area (Å²) in [6.07, 6.45) is 36.4. The largest absolute Gasteiger partial charge is 0.481 e. The van der Waals surface area contributed by atoms with Crippen molar-refractivity contribution < 1.29 is 19.4 Å². The van der Waals surface area contributed by atoms with Crippen LogP contribution in [-0.2, 0) is 14.3 Å². The number of carbonyl (C=O) groups excluding carboxylic acids is 1. The fourth-order valence-electron chi connectivity index (χ4n) is 5.18. The third-order valence-electron chi connectivity index (χ3n) is 7.74. The van der Waals surface area contributed by atoms with Gasteiger partial charge >= 0.3 is 11.9 Å². The Bertz CT molecular complexity index is 557. The summed E-state index contributed by atoms with van der Waals surface area (Å²) in [5.41, 5.74) is 0. The number of ether oxygens (including phenoxy) is 1. The topological polar surface area (TPSA) is 63.6 Å². The van der Waals surface area contributed by atoms with Gasteiger partial charge in [0, 0.05) is 12.8 Å². The van der Waals surface area contributed by atoms with Gasteiger partial charge in [0.05, 0.1) is 0 Å². The van der Waals surface area contributed by atoms with Gasteiger partial charge in [-0.05, 0) is 64.2 Å². The van der Waals surface area contributed by atoms with Crippen LogP contribution < -0.4 is 0 Å². The molecule has 0 saturated carbocycles. The van der Waals surface area contributed by atoms with E-state index < -0.39 is 5.97 Å². The zero-order chi connectivity index (χ0) is 28.7. The summed E-state index contributed by atoms with van der Waals surface area (Å²) in [4.78, 5) is 23.2. The molecule has 0 saturated heterocycles. The van der Waals surface area contributed by atoms with Crippen molar-refractivity contribution in [3.05, 3.63) is 12.2 Å². The van der Waals surface area contributed by atoms with Crippen LogP contribution in [0.5, 0.6) is 0 Å². The lowest BCUT2D eigenvalue weighted by Gasteiger charge is -2.18. The summed E-state index contributed by atoms with van der Waals surface area (Å²) in [7, 11) is 0. The van der Waals surface area contributed by atoms with Gasteiger partial charge in [-0.15, -0.1) is 0 Å². The van der Waals surface area contributed by atoms with Crippen LogP contribution in [0.25, 0.3) is 0 Å². The predicted octanol–water partition coefficient (Wildman–Crippen LogP) is 11.5. The predicted molar refractivity (Wildman–Crippen MR) is 167 cm³/mol. The summed E-state index contributed by atoms with van der Waals surface area (Å²) < 4.78 is 5.96. The number of hydrogen-bond acceptors (Lipinski definition) is 3. The highest BCUT2D eigenvalue weighted by Crippen LogP contribution is 2.19. The van der Waals surface area contributed by atoms with Crippen LogP contribution in [0.2, 0.25) is 0 Å². The highest BCUT2D eigenvalue weighted by atomic mass is 16.5. The molecule has 0 aliphatic carbocycles. The van der Waals surface area contributed by atoms with Crippen LogP contribution in [0.15, 0.2) is 12.2 Å². The third-order valence-corrected chi connectivity index (χ3v) is 7.74. The number of esters is 1. The summed E-state index contributed by atoms with van der Waals surface area (Å²) in [6, 6.07) is 0. The molecule has 0 aromatic heterocycles. The highest BCUT2D eigenvalue weighted by molar-refractivity contribution is 5.69. The Morgan fingerprint density at radius 2 is 0.923 bits per heavy atom. The molecule has 0 aliphatic rings. The van der Waals surface area contributed by atoms with Gasteiger partial charge in [-0.25, -0.2) is 0 Å². The third kappa shape index (κ3) is 31.1. The second-order valence-corrected chi connectivity index (χ2v) is 11.7. The van der Waals surface area contributed by atoms with E-state index in [1.807, 2.05) is 0 Å². The Morgan fingerprint density at radius 1 is 0.538 bits per heavy atom. The van der Waals surface area contributed by atoms with Crippen LogP contribution in [0.1, 0.15) is 194 Å². The smallest absolute Gasteiger partial charge is 0.306 e. The zero-order valence-electron chi connectivity index (χ0n) is 26.2. The zero-order valence-corrected chi connectivity index (χ0v) is 26.2. The fraction of sp³-hybridized carbons (Fsp3) is 0.886. The van der Waals surface area contributed by atoms with Crippen LogP contribution >= 0.6 is 0 Å². The fourth-order valence-corrected chi connectivity index (χ4v) is 5.18. The number of carbonyl (C=O) groups is 2. The van der Waals surface area contributed by atoms with Crippen LogP contribution in [0.4, 0.5) is 0 Å². The lowest BCUT2D eigenvalue weighted by molar-refractivity contribution is -0.150. The number of hydrogen-bond donors (Lipinski definition) is 1. The van der Waals surface area contributed by atoms with Gasteiger partial charge in [-0.3, -0.25) is 9.59 Å². The minimum absolute atomic E-state index is 0.00704. The molecule has 0 amide bonds. The van der Waals surface area contributed by atoms with E-state index >= 15 is 0 Å². The monoisotopic (exact) mass is 550 g/mol. The SMILES string of the molecule is CCCCC/C=C\CCCCCCCC(=O)OC(CCCCCCCCCCC)CCCCCCCC(=O)O. The van der Waals surface area contributed by atoms with Crippen molar-refractivity contribution in [3.8, 4) is 0 Å². The maximum Gasteiger partial charge on any atom is 0.306 e. The summed E-state index contributed by atoms with van der Waals surface area (Å²) >= 11 is 0. The molecule has 0 fully saturated rings. The second kappa shape index (κ2) is 31.2. The molecule has 0 radical (unpaired) electrons. The Balaban J connectivity index is 4.05. The maximum absolute atomic E-state index is 12.5. The number of carboxylic acids is 1. The molecular formula is C35H66O4. The minimum Gasteiger partial charge on any atom is -0.481 e. The summed E-state index contributed by atoms with van der Waals surface area (Å²) in [5, 5.41) is 8.77. The van der Waals surface area contributed by atoms with Gasteiger partial charge < -0.3 is 9.84 Å². The first kappa shape index (κ1) is 37.7. The van der Waals surface area contributed by atoms with Crippen molar-refractivity contribution in [1.29, 1.82) is 0 Å². The molecule has 1 atom stereocenters. The van der Waals surface area contributed by atoms with Gasteiger partial charge in [0.25, 0.3) is 0 Å². The molecule has 1 unspecified atom stereocenters. The maximum atomic E-state index is 12.5. The number of carboxylic acid groups (broad SMARTS) is 1. The molecule has 0 heterocycles. The quantitative estimate of drug-likeness (QED) is 0.0529. The number of rotatable bonds is 31. The average molecular weight is 551 g/mol. The second-order valence-electron chi connectivity index (χ2n) is 11.7. The van der Waals surface area contributed by atoms with E-state index in [0.29, 0.717) is 6.42 Å². The molecule has 0 aromatic rings. The highest BCUT2D eigenvalue weighted by Gasteiger charge is 2.14. The molecule has 230 valence electrons. The van der Waals surface area contributed by atoms with E-state index in [4.69, 9.17) is 9.84 Å². The Morgan fingerprint density at radius 3 is 1.44 bits per heavy atom. The van der Waals surface area contributed by atoms with Crippen molar-refractivity contribution in [3.63, 3.8) is 0 Å². The average Bonchev–Trinajstić information content (AvgIpc) is 2.91. The van der Waals surface area contributed by atoms with E-state index in [0.717, 1.165) is 64.2 Å². The first-order valence-corrected chi connectivity index (χ1v) is 17.2. The first-order chi connectivity index (χ1) is 19.1. The van der Waals surface area contributed by atoms with Crippen LogP contribution in [0.3, 0.4) is 0 Å². The summed E-state index contributed by atoms with van der Waals surface area (Å²) in [5.74, 6) is -0.708. The van der Waals surface area contributed by atoms with Gasteiger partial charge in [-0.1, -0.05) is 129 Å². The van der Waals surface area contributed by atoms with Gasteiger partial charge in [-0.2, -0.15) is 0 Å². The van der Waals surface area contributed by atoms with Gasteiger partial charge in [0.1, 0.15) is 6.10 Å². The number of unbranched alkanes of at least 4 members (excludes halogenated alkanes) is 20. The normalized spacial score (nSPS) is 12.3. The lowest BCUT2D eigenvalue weighted by atomic mass is 10.0. The molecule has 4 heteroatoms. The van der Waals surface area contributed by atoms with Crippen molar-refractivity contribution in [2.24, 2.45) is 0 Å². The molecule has 0 aliphatic heterocycles. The summed E-state index contributed by atoms with van der Waals surface area (Å²) in [6.45, 7) is 4.51. The van der Waals surface area contributed by atoms with E-state index in [-0.39, 0.29) is 18.5 Å². The van der Waals surface area contributed by atoms with Gasteiger partial charge in [0.15, 0.2) is 0 Å². The van der Waals surface area contributed by atoms with E-state index in [1.165, 1.54) is 103 Å². The van der Waals surface area contributed by atoms with E-state index in [2.05, 4.69) is 26.0 Å². The Kier molecular flexibility index (Phi) is 30.2. The Labute approximate surface area is 243 Å². The molecule has 0 rings (SSSR count). The standard InChI is InChI=1S/C35H66O4/c1-3-5-7-9-11-13-14-15-17-19-24-28-32-35(38)39-33(30-26-22-20-23-27-31-34(36)37)29-25-21-18-16-12-10-8-6-4-2/h11,13,33H,3-10,12,14-32H2,1-2H3,(H,36,37)/b13-11-. The molecule has 0 bridgehead atoms. The lowest BCUT2D eigenvalue weighted by Crippen LogP contribution is -2.18. The minimum atomic E-state index is -0.701. The molecular weight excluding hydrogens is 484 g/mol. The Hall–Kier alpha value is -1.32. The number of allylic oxidation sites excluding steroid dienone is 2. The first-order valence-electron chi connectivity index (χ1n) is 17.2. The molecule has 0 aromatic carbocycles.